The molecule has 2 fully saturated rings. The van der Waals surface area contributed by atoms with Crippen molar-refractivity contribution < 1.29 is 4.79 Å². The second-order valence-corrected chi connectivity index (χ2v) is 8.74. The van der Waals surface area contributed by atoms with Crippen molar-refractivity contribution in [3.05, 3.63) is 35.0 Å². The molecule has 1 saturated carbocycles. The first-order chi connectivity index (χ1) is 11.4. The number of benzene rings is 1. The van der Waals surface area contributed by atoms with Gasteiger partial charge >= 0.3 is 0 Å². The molecule has 0 radical (unpaired) electrons. The zero-order valence-electron chi connectivity index (χ0n) is 14.5. The van der Waals surface area contributed by atoms with Crippen LogP contribution in [0.1, 0.15) is 62.9 Å². The van der Waals surface area contributed by atoms with Crippen LogP contribution in [0, 0.1) is 5.41 Å². The molecule has 2 aromatic rings. The smallest absolute Gasteiger partial charge is 0.270 e. The quantitative estimate of drug-likeness (QED) is 0.739. The van der Waals surface area contributed by atoms with E-state index in [1.54, 1.807) is 0 Å². The summed E-state index contributed by atoms with van der Waals surface area (Å²) in [6.07, 6.45) is 7.60. The monoisotopic (exact) mass is 344 g/mol. The summed E-state index contributed by atoms with van der Waals surface area (Å²) < 4.78 is 0. The highest BCUT2D eigenvalue weighted by molar-refractivity contribution is 6.35. The number of hydrogen-bond acceptors (Lipinski definition) is 1. The fraction of sp³-hybridized carbons (Fsp3) is 0.550. The molecule has 128 valence electrons. The fourth-order valence-electron chi connectivity index (χ4n) is 4.98. The first-order valence-electron chi connectivity index (χ1n) is 9.00. The Morgan fingerprint density at radius 2 is 1.96 bits per heavy atom. The van der Waals surface area contributed by atoms with Gasteiger partial charge in [0.05, 0.1) is 10.5 Å². The molecule has 4 heteroatoms. The second-order valence-electron chi connectivity index (χ2n) is 8.33. The van der Waals surface area contributed by atoms with Gasteiger partial charge < -0.3 is 9.88 Å². The van der Waals surface area contributed by atoms with Gasteiger partial charge in [-0.3, -0.25) is 4.79 Å². The SMILES string of the molecule is CC1(C)CC2(CCCCC2)CN1C(=O)c1cc2cccc(Cl)c2[nH]1. The molecule has 1 amide bonds. The Kier molecular flexibility index (Phi) is 3.68. The maximum Gasteiger partial charge on any atom is 0.270 e. The van der Waals surface area contributed by atoms with Gasteiger partial charge in [-0.1, -0.05) is 43.0 Å². The molecule has 1 spiro atoms. The predicted octanol–water partition coefficient (Wildman–Crippen LogP) is 5.40. The number of rotatable bonds is 1. The number of para-hydroxylation sites is 1. The van der Waals surface area contributed by atoms with Crippen LogP contribution >= 0.6 is 11.6 Å². The number of H-pyrrole nitrogens is 1. The van der Waals surface area contributed by atoms with Crippen LogP contribution in [0.5, 0.6) is 0 Å². The molecule has 1 N–H and O–H groups in total. The van der Waals surface area contributed by atoms with Gasteiger partial charge in [-0.15, -0.1) is 0 Å². The number of amides is 1. The number of carbonyl (C=O) groups is 1. The Morgan fingerprint density at radius 3 is 2.67 bits per heavy atom. The molecule has 0 atom stereocenters. The Balaban J connectivity index is 1.66. The third-order valence-electron chi connectivity index (χ3n) is 6.03. The molecule has 0 bridgehead atoms. The molecule has 2 aliphatic rings. The minimum Gasteiger partial charge on any atom is -0.349 e. The number of hydrogen-bond donors (Lipinski definition) is 1. The molecular formula is C20H25ClN2O. The average Bonchev–Trinajstić information content (AvgIpc) is 3.07. The number of nitrogens with one attached hydrogen (secondary N) is 1. The molecule has 24 heavy (non-hydrogen) atoms. The average molecular weight is 345 g/mol. The van der Waals surface area contributed by atoms with E-state index in [-0.39, 0.29) is 11.4 Å². The lowest BCUT2D eigenvalue weighted by Gasteiger charge is -2.33. The summed E-state index contributed by atoms with van der Waals surface area (Å²) >= 11 is 6.25. The second kappa shape index (κ2) is 5.52. The molecule has 3 nitrogen and oxygen atoms in total. The molecule has 4 rings (SSSR count). The van der Waals surface area contributed by atoms with E-state index in [1.165, 1.54) is 32.1 Å². The first-order valence-corrected chi connectivity index (χ1v) is 9.37. The summed E-state index contributed by atoms with van der Waals surface area (Å²) in [6, 6.07) is 7.70. The molecule has 0 unspecified atom stereocenters. The van der Waals surface area contributed by atoms with Crippen molar-refractivity contribution in [3.8, 4) is 0 Å². The van der Waals surface area contributed by atoms with Crippen LogP contribution in [0.15, 0.2) is 24.3 Å². The number of likely N-dealkylation sites (tertiary alicyclic amines) is 1. The van der Waals surface area contributed by atoms with E-state index in [0.29, 0.717) is 16.1 Å². The molecule has 1 aliphatic heterocycles. The maximum atomic E-state index is 13.2. The predicted molar refractivity (Wildman–Crippen MR) is 98.6 cm³/mol. The lowest BCUT2D eigenvalue weighted by atomic mass is 9.71. The minimum atomic E-state index is -0.0878. The standard InChI is InChI=1S/C20H25ClN2O/c1-19(2)12-20(9-4-3-5-10-20)13-23(19)18(24)16-11-14-7-6-8-15(21)17(14)22-16/h6-8,11,22H,3-5,9-10,12-13H2,1-2H3. The lowest BCUT2D eigenvalue weighted by Crippen LogP contribution is -2.43. The van der Waals surface area contributed by atoms with E-state index in [2.05, 4.69) is 23.7 Å². The third-order valence-corrected chi connectivity index (χ3v) is 6.34. The Labute approximate surface area is 148 Å². The summed E-state index contributed by atoms with van der Waals surface area (Å²) in [5.74, 6) is 0.106. The number of aromatic nitrogens is 1. The van der Waals surface area contributed by atoms with Gasteiger partial charge in [0.15, 0.2) is 0 Å². The van der Waals surface area contributed by atoms with Gasteiger partial charge in [-0.05, 0) is 50.7 Å². The van der Waals surface area contributed by atoms with Crippen molar-refractivity contribution in [2.75, 3.05) is 6.54 Å². The zero-order chi connectivity index (χ0) is 16.9. The highest BCUT2D eigenvalue weighted by atomic mass is 35.5. The first kappa shape index (κ1) is 16.0. The summed E-state index contributed by atoms with van der Waals surface area (Å²) in [6.45, 7) is 5.32. The zero-order valence-corrected chi connectivity index (χ0v) is 15.2. The van der Waals surface area contributed by atoms with Gasteiger partial charge in [0.2, 0.25) is 0 Å². The number of fused-ring (bicyclic) bond motifs is 1. The van der Waals surface area contributed by atoms with Gasteiger partial charge in [-0.25, -0.2) is 0 Å². The molecule has 1 aromatic heterocycles. The number of halogens is 1. The summed E-state index contributed by atoms with van der Waals surface area (Å²) in [7, 11) is 0. The van der Waals surface area contributed by atoms with Gasteiger partial charge in [0, 0.05) is 17.5 Å². The van der Waals surface area contributed by atoms with Crippen molar-refractivity contribution in [3.63, 3.8) is 0 Å². The van der Waals surface area contributed by atoms with Crippen molar-refractivity contribution in [2.24, 2.45) is 5.41 Å². The van der Waals surface area contributed by atoms with E-state index < -0.39 is 0 Å². The van der Waals surface area contributed by atoms with Gasteiger partial charge in [0.1, 0.15) is 5.69 Å². The Morgan fingerprint density at radius 1 is 1.21 bits per heavy atom. The fourth-order valence-corrected chi connectivity index (χ4v) is 5.21. The minimum absolute atomic E-state index is 0.0878. The summed E-state index contributed by atoms with van der Waals surface area (Å²) in [5.41, 5.74) is 1.75. The third kappa shape index (κ3) is 2.54. The normalized spacial score (nSPS) is 22.4. The van der Waals surface area contributed by atoms with Crippen LogP contribution in [0.2, 0.25) is 5.02 Å². The lowest BCUT2D eigenvalue weighted by molar-refractivity contribution is 0.0633. The molecule has 2 heterocycles. The van der Waals surface area contributed by atoms with E-state index in [9.17, 15) is 4.79 Å². The van der Waals surface area contributed by atoms with Crippen LogP contribution < -0.4 is 0 Å². The van der Waals surface area contributed by atoms with Crippen molar-refractivity contribution in [2.45, 2.75) is 57.9 Å². The van der Waals surface area contributed by atoms with Gasteiger partial charge in [0.25, 0.3) is 5.91 Å². The highest BCUT2D eigenvalue weighted by Crippen LogP contribution is 2.50. The van der Waals surface area contributed by atoms with E-state index >= 15 is 0 Å². The van der Waals surface area contributed by atoms with Crippen molar-refractivity contribution >= 4 is 28.4 Å². The van der Waals surface area contributed by atoms with E-state index in [4.69, 9.17) is 11.6 Å². The molecule has 1 aliphatic carbocycles. The van der Waals surface area contributed by atoms with Crippen LogP contribution in [0.3, 0.4) is 0 Å². The van der Waals surface area contributed by atoms with Crippen LogP contribution in [0.4, 0.5) is 0 Å². The number of carbonyl (C=O) groups excluding carboxylic acids is 1. The van der Waals surface area contributed by atoms with Crippen LogP contribution in [-0.4, -0.2) is 27.9 Å². The topological polar surface area (TPSA) is 36.1 Å². The molecule has 1 saturated heterocycles. The summed E-state index contributed by atoms with van der Waals surface area (Å²) in [4.78, 5) is 18.6. The maximum absolute atomic E-state index is 13.2. The van der Waals surface area contributed by atoms with Crippen molar-refractivity contribution in [1.82, 2.24) is 9.88 Å². The molecule has 1 aromatic carbocycles. The molecular weight excluding hydrogens is 320 g/mol. The summed E-state index contributed by atoms with van der Waals surface area (Å²) in [5, 5.41) is 1.66. The largest absolute Gasteiger partial charge is 0.349 e. The number of nitrogens with zero attached hydrogens (tertiary/aromatic N) is 1. The van der Waals surface area contributed by atoms with Gasteiger partial charge in [-0.2, -0.15) is 0 Å². The highest BCUT2D eigenvalue weighted by Gasteiger charge is 2.50. The van der Waals surface area contributed by atoms with Crippen LogP contribution in [0.25, 0.3) is 10.9 Å². The Bertz CT molecular complexity index is 786. The van der Waals surface area contributed by atoms with E-state index in [1.807, 2.05) is 24.3 Å². The van der Waals surface area contributed by atoms with Crippen molar-refractivity contribution in [1.29, 1.82) is 0 Å². The van der Waals surface area contributed by atoms with E-state index in [0.717, 1.165) is 23.9 Å². The van der Waals surface area contributed by atoms with Crippen LogP contribution in [-0.2, 0) is 0 Å². The Hall–Kier alpha value is -1.48. The number of aromatic amines is 1.